The van der Waals surface area contributed by atoms with Gasteiger partial charge in [0.25, 0.3) is 5.56 Å². The van der Waals surface area contributed by atoms with Crippen LogP contribution in [0.15, 0.2) is 58.3 Å². The van der Waals surface area contributed by atoms with Crippen LogP contribution in [0.3, 0.4) is 0 Å². The average Bonchev–Trinajstić information content (AvgIpc) is 3.40. The highest BCUT2D eigenvalue weighted by Crippen LogP contribution is 2.26. The Morgan fingerprint density at radius 2 is 2.14 bits per heavy atom. The third kappa shape index (κ3) is 2.83. The summed E-state index contributed by atoms with van der Waals surface area (Å²) in [5, 5.41) is 11.6. The molecule has 0 aliphatic rings. The van der Waals surface area contributed by atoms with E-state index in [0.29, 0.717) is 39.1 Å². The molecule has 0 amide bonds. The molecule has 0 spiro atoms. The second-order valence-electron chi connectivity index (χ2n) is 6.40. The van der Waals surface area contributed by atoms with Gasteiger partial charge in [0.15, 0.2) is 5.82 Å². The largest absolute Gasteiger partial charge is 0.446 e. The van der Waals surface area contributed by atoms with Crippen LogP contribution >= 0.6 is 11.6 Å². The molecule has 5 rings (SSSR count). The lowest BCUT2D eigenvalue weighted by atomic mass is 10.2. The van der Waals surface area contributed by atoms with Gasteiger partial charge in [0.1, 0.15) is 18.0 Å². The van der Waals surface area contributed by atoms with E-state index in [2.05, 4.69) is 25.5 Å². The van der Waals surface area contributed by atoms with Crippen molar-refractivity contribution < 1.29 is 4.42 Å². The molecule has 4 heterocycles. The van der Waals surface area contributed by atoms with Gasteiger partial charge in [0.2, 0.25) is 5.71 Å². The maximum absolute atomic E-state index is 13.3. The summed E-state index contributed by atoms with van der Waals surface area (Å²) in [4.78, 5) is 26.4. The molecule has 1 atom stereocenters. The number of nitrogens with zero attached hydrogens (tertiary/aromatic N) is 5. The predicted molar refractivity (Wildman–Crippen MR) is 108 cm³/mol. The number of hydrogen-bond donors (Lipinski definition) is 2. The topological polar surface area (TPSA) is 115 Å². The van der Waals surface area contributed by atoms with Crippen LogP contribution in [0, 0.1) is 0 Å². The van der Waals surface area contributed by atoms with Crippen molar-refractivity contribution in [3.63, 3.8) is 0 Å². The first-order valence-corrected chi connectivity index (χ1v) is 9.17. The van der Waals surface area contributed by atoms with E-state index in [1.165, 1.54) is 10.9 Å². The molecule has 144 valence electrons. The third-order valence-electron chi connectivity index (χ3n) is 4.59. The van der Waals surface area contributed by atoms with E-state index < -0.39 is 6.04 Å². The summed E-state index contributed by atoms with van der Waals surface area (Å²) in [5.74, 6) is 1.46. The summed E-state index contributed by atoms with van der Waals surface area (Å²) in [6.07, 6.45) is 4.60. The smallest absolute Gasteiger partial charge is 0.268 e. The van der Waals surface area contributed by atoms with Crippen molar-refractivity contribution in [3.8, 4) is 5.82 Å². The molecule has 0 saturated carbocycles. The third-order valence-corrected chi connectivity index (χ3v) is 4.91. The fourth-order valence-corrected chi connectivity index (χ4v) is 3.52. The van der Waals surface area contributed by atoms with Crippen LogP contribution in [0.1, 0.15) is 18.8 Å². The van der Waals surface area contributed by atoms with Gasteiger partial charge in [-0.05, 0) is 25.1 Å². The van der Waals surface area contributed by atoms with Gasteiger partial charge in [0, 0.05) is 12.3 Å². The summed E-state index contributed by atoms with van der Waals surface area (Å²) in [5.41, 5.74) is 0.680. The van der Waals surface area contributed by atoms with Gasteiger partial charge >= 0.3 is 0 Å². The lowest BCUT2D eigenvalue weighted by molar-refractivity contribution is 0.602. The van der Waals surface area contributed by atoms with Gasteiger partial charge in [-0.1, -0.05) is 17.7 Å². The molecule has 1 aromatic carbocycles. The van der Waals surface area contributed by atoms with Crippen LogP contribution in [0.4, 0.5) is 5.82 Å². The summed E-state index contributed by atoms with van der Waals surface area (Å²) in [6.45, 7) is 1.88. The molecule has 0 aliphatic carbocycles. The maximum atomic E-state index is 13.3. The van der Waals surface area contributed by atoms with Gasteiger partial charge in [-0.2, -0.15) is 5.10 Å². The van der Waals surface area contributed by atoms with E-state index in [1.54, 1.807) is 42.8 Å². The van der Waals surface area contributed by atoms with Crippen molar-refractivity contribution in [2.45, 2.75) is 13.0 Å². The maximum Gasteiger partial charge on any atom is 0.268 e. The Labute approximate surface area is 168 Å². The second kappa shape index (κ2) is 6.71. The molecule has 29 heavy (non-hydrogen) atoms. The highest BCUT2D eigenvalue weighted by Gasteiger charge is 2.21. The first-order valence-electron chi connectivity index (χ1n) is 8.79. The molecule has 0 aliphatic heterocycles. The SMILES string of the molecule is C[C@H](Nc1ncnc2occc12)c1nc2cccc(Cl)c2c(=O)n1-c1cc[nH]n1. The predicted octanol–water partition coefficient (Wildman–Crippen LogP) is 3.47. The van der Waals surface area contributed by atoms with E-state index in [1.807, 2.05) is 6.92 Å². The van der Waals surface area contributed by atoms with Gasteiger partial charge in [-0.15, -0.1) is 0 Å². The molecule has 2 N–H and O–H groups in total. The van der Waals surface area contributed by atoms with Gasteiger partial charge < -0.3 is 9.73 Å². The summed E-state index contributed by atoms with van der Waals surface area (Å²) in [6, 6.07) is 8.26. The molecule has 0 bridgehead atoms. The number of H-pyrrole nitrogens is 1. The van der Waals surface area contributed by atoms with E-state index in [4.69, 9.17) is 21.0 Å². The van der Waals surface area contributed by atoms with E-state index in [-0.39, 0.29) is 5.56 Å². The van der Waals surface area contributed by atoms with Crippen LogP contribution in [0.2, 0.25) is 5.02 Å². The monoisotopic (exact) mass is 407 g/mol. The van der Waals surface area contributed by atoms with Gasteiger partial charge in [-0.3, -0.25) is 9.89 Å². The number of anilines is 1. The van der Waals surface area contributed by atoms with Crippen molar-refractivity contribution in [2.24, 2.45) is 0 Å². The lowest BCUT2D eigenvalue weighted by Gasteiger charge is -2.19. The number of rotatable bonds is 4. The van der Waals surface area contributed by atoms with Crippen LogP contribution in [-0.4, -0.2) is 29.7 Å². The van der Waals surface area contributed by atoms with Crippen molar-refractivity contribution in [2.75, 3.05) is 5.32 Å². The lowest BCUT2D eigenvalue weighted by Crippen LogP contribution is -2.28. The summed E-state index contributed by atoms with van der Waals surface area (Å²) < 4.78 is 6.77. The Hall–Kier alpha value is -3.72. The van der Waals surface area contributed by atoms with Crippen LogP contribution in [0.25, 0.3) is 27.8 Å². The normalized spacial score (nSPS) is 12.5. The van der Waals surface area contributed by atoms with E-state index in [9.17, 15) is 4.79 Å². The van der Waals surface area contributed by atoms with Crippen LogP contribution < -0.4 is 10.9 Å². The molecule has 9 nitrogen and oxygen atoms in total. The number of hydrogen-bond acceptors (Lipinski definition) is 7. The summed E-state index contributed by atoms with van der Waals surface area (Å²) in [7, 11) is 0. The average molecular weight is 408 g/mol. The molecule has 0 radical (unpaired) electrons. The fraction of sp³-hybridized carbons (Fsp3) is 0.105. The molecule has 5 aromatic rings. The second-order valence-corrected chi connectivity index (χ2v) is 6.81. The molecule has 0 fully saturated rings. The zero-order chi connectivity index (χ0) is 20.0. The Kier molecular flexibility index (Phi) is 4.02. The first kappa shape index (κ1) is 17.4. The Bertz CT molecular complexity index is 1390. The quantitative estimate of drug-likeness (QED) is 0.468. The number of fused-ring (bicyclic) bond motifs is 2. The number of halogens is 1. The Morgan fingerprint density at radius 3 is 2.97 bits per heavy atom. The van der Waals surface area contributed by atoms with Crippen LogP contribution in [0.5, 0.6) is 0 Å². The molecule has 0 saturated heterocycles. The molecule has 0 unspecified atom stereocenters. The van der Waals surface area contributed by atoms with Crippen molar-refractivity contribution in [3.05, 3.63) is 70.3 Å². The van der Waals surface area contributed by atoms with Crippen molar-refractivity contribution in [1.29, 1.82) is 0 Å². The Morgan fingerprint density at radius 1 is 1.24 bits per heavy atom. The standard InChI is InChI=1S/C19H14ClN7O2/c1-10(24-16-11-6-8-29-18(11)22-9-21-16)17-25-13-4-2-3-12(20)15(13)19(28)27(17)14-5-7-23-26-14/h2-10H,1H3,(H,23,26)(H,21,22,24)/t10-/m0/s1. The van der Waals surface area contributed by atoms with E-state index >= 15 is 0 Å². The minimum Gasteiger partial charge on any atom is -0.446 e. The van der Waals surface area contributed by atoms with Crippen LogP contribution in [-0.2, 0) is 0 Å². The number of aromatic nitrogens is 6. The fourth-order valence-electron chi connectivity index (χ4n) is 3.27. The van der Waals surface area contributed by atoms with Gasteiger partial charge in [0.05, 0.1) is 33.6 Å². The number of benzene rings is 1. The van der Waals surface area contributed by atoms with Crippen molar-refractivity contribution >= 4 is 39.4 Å². The highest BCUT2D eigenvalue weighted by molar-refractivity contribution is 6.35. The zero-order valence-electron chi connectivity index (χ0n) is 15.1. The van der Waals surface area contributed by atoms with Gasteiger partial charge in [-0.25, -0.2) is 19.5 Å². The minimum atomic E-state index is -0.393. The summed E-state index contributed by atoms with van der Waals surface area (Å²) >= 11 is 6.29. The number of aromatic amines is 1. The number of furan rings is 1. The zero-order valence-corrected chi connectivity index (χ0v) is 15.9. The number of nitrogens with one attached hydrogen (secondary N) is 2. The molecular formula is C19H14ClN7O2. The molecule has 10 heteroatoms. The van der Waals surface area contributed by atoms with Crippen molar-refractivity contribution in [1.82, 2.24) is 29.7 Å². The first-order chi connectivity index (χ1) is 14.1. The molecular weight excluding hydrogens is 394 g/mol. The Balaban J connectivity index is 1.70. The molecule has 4 aromatic heterocycles. The highest BCUT2D eigenvalue weighted by atomic mass is 35.5. The minimum absolute atomic E-state index is 0.299. The van der Waals surface area contributed by atoms with E-state index in [0.717, 1.165) is 5.39 Å².